The van der Waals surface area contributed by atoms with E-state index in [1.54, 1.807) is 0 Å². The number of carbonyl (C=O) groups is 2. The molecule has 0 aliphatic heterocycles. The van der Waals surface area contributed by atoms with E-state index in [1.807, 2.05) is 17.5 Å². The molecule has 0 bridgehead atoms. The third-order valence-electron chi connectivity index (χ3n) is 2.98. The van der Waals surface area contributed by atoms with Crippen molar-refractivity contribution in [2.75, 3.05) is 11.9 Å². The van der Waals surface area contributed by atoms with Crippen LogP contribution >= 0.6 is 22.7 Å². The van der Waals surface area contributed by atoms with E-state index in [0.717, 1.165) is 23.1 Å². The molecule has 0 fully saturated rings. The van der Waals surface area contributed by atoms with Gasteiger partial charge < -0.3 is 10.1 Å². The maximum atomic E-state index is 13.4. The number of amides is 1. The summed E-state index contributed by atoms with van der Waals surface area (Å²) < 4.78 is 31.3. The van der Waals surface area contributed by atoms with Crippen molar-refractivity contribution in [3.05, 3.63) is 58.4 Å². The minimum Gasteiger partial charge on any atom is -0.451 e. The van der Waals surface area contributed by atoms with Gasteiger partial charge in [0.2, 0.25) is 0 Å². The number of nitrogens with one attached hydrogen (secondary N) is 1. The van der Waals surface area contributed by atoms with Crippen molar-refractivity contribution in [3.63, 3.8) is 0 Å². The maximum absolute atomic E-state index is 13.4. The molecule has 0 radical (unpaired) electrons. The number of hydrogen-bond donors (Lipinski definition) is 1. The van der Waals surface area contributed by atoms with Crippen LogP contribution in [0.4, 0.5) is 14.5 Å². The first-order valence-corrected chi connectivity index (χ1v) is 8.70. The monoisotopic (exact) mass is 380 g/mol. The number of halogens is 2. The van der Waals surface area contributed by atoms with E-state index in [-0.39, 0.29) is 11.4 Å². The van der Waals surface area contributed by atoms with Crippen LogP contribution in [0.3, 0.4) is 0 Å². The average Bonchev–Trinajstić information content (AvgIpc) is 3.26. The van der Waals surface area contributed by atoms with Crippen LogP contribution in [0.1, 0.15) is 10.5 Å². The summed E-state index contributed by atoms with van der Waals surface area (Å²) in [6.07, 6.45) is 0. The smallest absolute Gasteiger partial charge is 0.358 e. The Morgan fingerprint density at radius 1 is 1.20 bits per heavy atom. The second-order valence-corrected chi connectivity index (χ2v) is 6.57. The van der Waals surface area contributed by atoms with Gasteiger partial charge in [0, 0.05) is 11.4 Å². The van der Waals surface area contributed by atoms with Crippen molar-refractivity contribution in [1.82, 2.24) is 4.98 Å². The number of anilines is 1. The van der Waals surface area contributed by atoms with Crippen LogP contribution in [0.15, 0.2) is 41.1 Å². The number of nitrogens with zero attached hydrogens (tertiary/aromatic N) is 1. The topological polar surface area (TPSA) is 68.3 Å². The Kier molecular flexibility index (Phi) is 5.15. The van der Waals surface area contributed by atoms with Crippen molar-refractivity contribution in [1.29, 1.82) is 0 Å². The number of ether oxygens (including phenoxy) is 1. The fraction of sp³-hybridized carbons (Fsp3) is 0.0625. The highest BCUT2D eigenvalue weighted by atomic mass is 32.1. The highest BCUT2D eigenvalue weighted by Gasteiger charge is 2.16. The Balaban J connectivity index is 1.57. The van der Waals surface area contributed by atoms with Crippen molar-refractivity contribution in [2.24, 2.45) is 0 Å². The van der Waals surface area contributed by atoms with E-state index in [4.69, 9.17) is 4.74 Å². The van der Waals surface area contributed by atoms with E-state index in [1.165, 1.54) is 28.1 Å². The van der Waals surface area contributed by atoms with Crippen LogP contribution in [0.5, 0.6) is 0 Å². The van der Waals surface area contributed by atoms with Crippen molar-refractivity contribution < 1.29 is 23.1 Å². The summed E-state index contributed by atoms with van der Waals surface area (Å²) in [4.78, 5) is 28.7. The van der Waals surface area contributed by atoms with E-state index in [0.29, 0.717) is 5.01 Å². The number of rotatable bonds is 5. The van der Waals surface area contributed by atoms with Gasteiger partial charge in [0.05, 0.1) is 10.6 Å². The zero-order chi connectivity index (χ0) is 17.8. The molecule has 128 valence electrons. The number of carbonyl (C=O) groups excluding carboxylic acids is 2. The molecule has 3 aromatic rings. The minimum atomic E-state index is -0.791. The first kappa shape index (κ1) is 17.2. The highest BCUT2D eigenvalue weighted by molar-refractivity contribution is 7.20. The molecule has 0 aliphatic rings. The van der Waals surface area contributed by atoms with Crippen LogP contribution in [-0.2, 0) is 9.53 Å². The summed E-state index contributed by atoms with van der Waals surface area (Å²) >= 11 is 2.77. The molecule has 0 saturated carbocycles. The van der Waals surface area contributed by atoms with Gasteiger partial charge in [-0.05, 0) is 23.6 Å². The van der Waals surface area contributed by atoms with Gasteiger partial charge in [0.25, 0.3) is 5.91 Å². The molecule has 0 spiro atoms. The molecule has 0 aliphatic carbocycles. The van der Waals surface area contributed by atoms with Crippen molar-refractivity contribution in [3.8, 4) is 9.88 Å². The summed E-state index contributed by atoms with van der Waals surface area (Å²) in [6.45, 7) is -0.638. The Bertz CT molecular complexity index is 910. The van der Waals surface area contributed by atoms with Gasteiger partial charge in [-0.3, -0.25) is 4.79 Å². The Labute approximate surface area is 148 Å². The molecule has 2 heterocycles. The van der Waals surface area contributed by atoms with E-state index >= 15 is 0 Å². The molecule has 3 rings (SSSR count). The predicted molar refractivity (Wildman–Crippen MR) is 90.7 cm³/mol. The zero-order valence-corrected chi connectivity index (χ0v) is 14.1. The van der Waals surface area contributed by atoms with Crippen LogP contribution in [0.2, 0.25) is 0 Å². The first-order chi connectivity index (χ1) is 12.0. The summed E-state index contributed by atoms with van der Waals surface area (Å²) in [5, 5.41) is 6.24. The van der Waals surface area contributed by atoms with Crippen molar-refractivity contribution >= 4 is 40.2 Å². The molecule has 25 heavy (non-hydrogen) atoms. The second-order valence-electron chi connectivity index (χ2n) is 4.76. The molecule has 1 N–H and O–H groups in total. The van der Waals surface area contributed by atoms with E-state index in [9.17, 15) is 18.4 Å². The number of aromatic nitrogens is 1. The lowest BCUT2D eigenvalue weighted by Crippen LogP contribution is -2.21. The standard InChI is InChI=1S/C16H10F2N2O3S2/c17-9-3-4-10(18)11(6-9)19-14(21)7-23-16(22)12-8-25-15(20-12)13-2-1-5-24-13/h1-6,8H,7H2,(H,19,21). The number of hydrogen-bond acceptors (Lipinski definition) is 6. The molecule has 5 nitrogen and oxygen atoms in total. The molecule has 9 heteroatoms. The van der Waals surface area contributed by atoms with Gasteiger partial charge in [0.15, 0.2) is 12.3 Å². The fourth-order valence-electron chi connectivity index (χ4n) is 1.87. The van der Waals surface area contributed by atoms with Gasteiger partial charge in [-0.15, -0.1) is 22.7 Å². The van der Waals surface area contributed by atoms with Crippen LogP contribution in [-0.4, -0.2) is 23.5 Å². The zero-order valence-electron chi connectivity index (χ0n) is 12.5. The van der Waals surface area contributed by atoms with E-state index < -0.39 is 30.1 Å². The van der Waals surface area contributed by atoms with Crippen LogP contribution in [0, 0.1) is 11.6 Å². The molecule has 0 saturated heterocycles. The summed E-state index contributed by atoms with van der Waals surface area (Å²) in [6, 6.07) is 6.40. The average molecular weight is 380 g/mol. The first-order valence-electron chi connectivity index (χ1n) is 6.94. The predicted octanol–water partition coefficient (Wildman–Crippen LogP) is 3.95. The van der Waals surface area contributed by atoms with Gasteiger partial charge in [-0.1, -0.05) is 6.07 Å². The number of esters is 1. The van der Waals surface area contributed by atoms with Gasteiger partial charge in [-0.2, -0.15) is 0 Å². The molecule has 1 aromatic carbocycles. The largest absolute Gasteiger partial charge is 0.451 e. The molecular weight excluding hydrogens is 370 g/mol. The van der Waals surface area contributed by atoms with E-state index in [2.05, 4.69) is 10.3 Å². The van der Waals surface area contributed by atoms with Crippen molar-refractivity contribution in [2.45, 2.75) is 0 Å². The van der Waals surface area contributed by atoms with Crippen LogP contribution < -0.4 is 5.32 Å². The Morgan fingerprint density at radius 3 is 2.80 bits per heavy atom. The fourth-order valence-corrected chi connectivity index (χ4v) is 3.47. The van der Waals surface area contributed by atoms with Gasteiger partial charge in [0.1, 0.15) is 16.6 Å². The third-order valence-corrected chi connectivity index (χ3v) is 4.86. The molecule has 2 aromatic heterocycles. The summed E-state index contributed by atoms with van der Waals surface area (Å²) in [5.41, 5.74) is -0.243. The Morgan fingerprint density at radius 2 is 2.04 bits per heavy atom. The normalized spacial score (nSPS) is 10.5. The quantitative estimate of drug-likeness (QED) is 0.681. The third kappa shape index (κ3) is 4.25. The SMILES string of the molecule is O=C(COC(=O)c1csc(-c2cccs2)n1)Nc1cc(F)ccc1F. The van der Waals surface area contributed by atoms with Gasteiger partial charge >= 0.3 is 5.97 Å². The van der Waals surface area contributed by atoms with Gasteiger partial charge in [-0.25, -0.2) is 18.6 Å². The lowest BCUT2D eigenvalue weighted by Gasteiger charge is -2.06. The maximum Gasteiger partial charge on any atom is 0.358 e. The molecule has 0 unspecified atom stereocenters. The second kappa shape index (κ2) is 7.49. The molecular formula is C16H10F2N2O3S2. The minimum absolute atomic E-state index is 0.0816. The summed E-state index contributed by atoms with van der Waals surface area (Å²) in [7, 11) is 0. The lowest BCUT2D eigenvalue weighted by atomic mass is 10.3. The Hall–Kier alpha value is -2.65. The van der Waals surface area contributed by atoms with Crippen LogP contribution in [0.25, 0.3) is 9.88 Å². The number of thiophene rings is 1. The number of thiazole rings is 1. The molecule has 0 atom stereocenters. The summed E-state index contributed by atoms with van der Waals surface area (Å²) in [5.74, 6) is -3.04. The lowest BCUT2D eigenvalue weighted by molar-refractivity contribution is -0.119. The molecule has 1 amide bonds. The number of benzene rings is 1. The highest BCUT2D eigenvalue weighted by Crippen LogP contribution is 2.27.